The van der Waals surface area contributed by atoms with Crippen LogP contribution in [0.2, 0.25) is 0 Å². The van der Waals surface area contributed by atoms with Gasteiger partial charge in [-0.1, -0.05) is 29.8 Å². The quantitative estimate of drug-likeness (QED) is 0.343. The van der Waals surface area contributed by atoms with Crippen LogP contribution in [0.15, 0.2) is 46.6 Å². The van der Waals surface area contributed by atoms with Crippen LogP contribution in [-0.2, 0) is 4.74 Å². The SMILES string of the molecule is CC.Fc1cc(Br)cc2ncnc(Nc3ccc4ncsc4c3)c12.OC1CCCOC1. The number of benzene rings is 2. The van der Waals surface area contributed by atoms with E-state index in [-0.39, 0.29) is 11.9 Å². The molecule has 3 heterocycles. The molecule has 164 valence electrons. The lowest BCUT2D eigenvalue weighted by Gasteiger charge is -2.15. The molecule has 1 saturated heterocycles. The van der Waals surface area contributed by atoms with E-state index in [0.29, 0.717) is 27.8 Å². The number of nitrogens with one attached hydrogen (secondary N) is 1. The van der Waals surface area contributed by atoms with Gasteiger partial charge in [0, 0.05) is 16.8 Å². The highest BCUT2D eigenvalue weighted by Crippen LogP contribution is 2.30. The van der Waals surface area contributed by atoms with Crippen LogP contribution in [0, 0.1) is 5.82 Å². The molecule has 31 heavy (non-hydrogen) atoms. The number of nitrogens with zero attached hydrogens (tertiary/aromatic N) is 3. The topological polar surface area (TPSA) is 80.2 Å². The van der Waals surface area contributed by atoms with Gasteiger partial charge in [-0.3, -0.25) is 0 Å². The molecule has 4 aromatic rings. The molecule has 0 amide bonds. The molecule has 2 aromatic carbocycles. The Morgan fingerprint density at radius 1 is 1.16 bits per heavy atom. The number of anilines is 2. The Labute approximate surface area is 192 Å². The summed E-state index contributed by atoms with van der Waals surface area (Å²) in [6.07, 6.45) is 3.16. The maximum atomic E-state index is 14.3. The van der Waals surface area contributed by atoms with E-state index in [0.717, 1.165) is 35.4 Å². The highest BCUT2D eigenvalue weighted by atomic mass is 79.9. The molecule has 1 fully saturated rings. The standard InChI is InChI=1S/C15H8BrFN4S.C5H10O2.C2H6/c16-8-3-10(17)14-12(4-8)18-6-19-15(14)21-9-1-2-11-13(5-9)22-7-20-11;6-5-2-1-3-7-4-5;1-2/h1-7H,(H,18,19,21);5-6H,1-4H2;1-2H3. The lowest BCUT2D eigenvalue weighted by Crippen LogP contribution is -2.21. The number of aromatic nitrogens is 3. The van der Waals surface area contributed by atoms with Crippen LogP contribution in [0.5, 0.6) is 0 Å². The van der Waals surface area contributed by atoms with Crippen molar-refractivity contribution >= 4 is 59.9 Å². The molecule has 0 saturated carbocycles. The van der Waals surface area contributed by atoms with Crippen LogP contribution in [0.25, 0.3) is 21.1 Å². The van der Waals surface area contributed by atoms with E-state index in [2.05, 4.69) is 36.2 Å². The van der Waals surface area contributed by atoms with Gasteiger partial charge in [0.25, 0.3) is 0 Å². The molecule has 2 N–H and O–H groups in total. The van der Waals surface area contributed by atoms with Crippen molar-refractivity contribution in [1.29, 1.82) is 0 Å². The van der Waals surface area contributed by atoms with Crippen molar-refractivity contribution in [3.05, 3.63) is 52.5 Å². The van der Waals surface area contributed by atoms with Crippen molar-refractivity contribution in [3.63, 3.8) is 0 Å². The van der Waals surface area contributed by atoms with Crippen LogP contribution in [0.3, 0.4) is 0 Å². The van der Waals surface area contributed by atoms with Gasteiger partial charge in [-0.15, -0.1) is 11.3 Å². The number of rotatable bonds is 2. The summed E-state index contributed by atoms with van der Waals surface area (Å²) in [6.45, 7) is 5.37. The van der Waals surface area contributed by atoms with Gasteiger partial charge in [0.05, 0.1) is 39.3 Å². The number of aliphatic hydroxyl groups excluding tert-OH is 1. The average molecular weight is 507 g/mol. The first-order valence-electron chi connectivity index (χ1n) is 10.1. The molecule has 5 rings (SSSR count). The van der Waals surface area contributed by atoms with Crippen molar-refractivity contribution in [2.75, 3.05) is 18.5 Å². The second kappa shape index (κ2) is 11.4. The van der Waals surface area contributed by atoms with Crippen molar-refractivity contribution < 1.29 is 14.2 Å². The Bertz CT molecular complexity index is 1140. The molecule has 0 bridgehead atoms. The maximum Gasteiger partial charge on any atom is 0.144 e. The number of aliphatic hydroxyl groups is 1. The number of hydrogen-bond acceptors (Lipinski definition) is 7. The largest absolute Gasteiger partial charge is 0.391 e. The fourth-order valence-electron chi connectivity index (χ4n) is 3.00. The van der Waals surface area contributed by atoms with E-state index < -0.39 is 0 Å². The minimum Gasteiger partial charge on any atom is -0.391 e. The van der Waals surface area contributed by atoms with E-state index in [1.807, 2.05) is 32.0 Å². The second-order valence-electron chi connectivity index (χ2n) is 6.53. The smallest absolute Gasteiger partial charge is 0.144 e. The molecule has 0 radical (unpaired) electrons. The third-order valence-corrected chi connectivity index (χ3v) is 5.63. The molecule has 0 spiro atoms. The summed E-state index contributed by atoms with van der Waals surface area (Å²) in [6, 6.07) is 8.95. The molecule has 1 aliphatic rings. The molecule has 0 aliphatic carbocycles. The van der Waals surface area contributed by atoms with E-state index in [1.165, 1.54) is 12.4 Å². The zero-order valence-corrected chi connectivity index (χ0v) is 19.7. The number of halogens is 2. The molecule has 9 heteroatoms. The van der Waals surface area contributed by atoms with Gasteiger partial charge < -0.3 is 15.2 Å². The monoisotopic (exact) mass is 506 g/mol. The predicted molar refractivity (Wildman–Crippen MR) is 128 cm³/mol. The number of thiazole rings is 1. The Kier molecular flexibility index (Phi) is 8.65. The normalized spacial score (nSPS) is 15.6. The van der Waals surface area contributed by atoms with Gasteiger partial charge in [0.2, 0.25) is 0 Å². The average Bonchev–Trinajstić information content (AvgIpc) is 3.24. The minimum atomic E-state index is -0.369. The minimum absolute atomic E-state index is 0.186. The lowest BCUT2D eigenvalue weighted by atomic mass is 10.2. The van der Waals surface area contributed by atoms with Gasteiger partial charge in [-0.05, 0) is 43.2 Å². The van der Waals surface area contributed by atoms with Crippen LogP contribution in [0.1, 0.15) is 26.7 Å². The first-order chi connectivity index (χ1) is 15.1. The van der Waals surface area contributed by atoms with E-state index >= 15 is 0 Å². The molecule has 2 aromatic heterocycles. The maximum absolute atomic E-state index is 14.3. The van der Waals surface area contributed by atoms with Gasteiger partial charge in [0.15, 0.2) is 0 Å². The molecule has 1 aliphatic heterocycles. The van der Waals surface area contributed by atoms with Gasteiger partial charge in [0.1, 0.15) is 18.0 Å². The van der Waals surface area contributed by atoms with Gasteiger partial charge in [-0.2, -0.15) is 0 Å². The summed E-state index contributed by atoms with van der Waals surface area (Å²) < 4.78 is 20.9. The summed E-state index contributed by atoms with van der Waals surface area (Å²) in [5.74, 6) is 0.0743. The molecular weight excluding hydrogens is 483 g/mol. The van der Waals surface area contributed by atoms with Crippen molar-refractivity contribution in [1.82, 2.24) is 15.0 Å². The second-order valence-corrected chi connectivity index (χ2v) is 8.34. The van der Waals surface area contributed by atoms with Crippen LogP contribution in [0.4, 0.5) is 15.9 Å². The van der Waals surface area contributed by atoms with Gasteiger partial charge >= 0.3 is 0 Å². The number of hydrogen-bond donors (Lipinski definition) is 2. The summed E-state index contributed by atoms with van der Waals surface area (Å²) in [5, 5.41) is 12.3. The summed E-state index contributed by atoms with van der Waals surface area (Å²) in [5.41, 5.74) is 4.12. The fourth-order valence-corrected chi connectivity index (χ4v) is 4.13. The Balaban J connectivity index is 0.000000256. The molecule has 1 atom stereocenters. The van der Waals surface area contributed by atoms with E-state index in [1.54, 1.807) is 22.9 Å². The zero-order chi connectivity index (χ0) is 22.2. The van der Waals surface area contributed by atoms with Gasteiger partial charge in [-0.25, -0.2) is 19.3 Å². The Morgan fingerprint density at radius 3 is 2.71 bits per heavy atom. The molecule has 1 unspecified atom stereocenters. The zero-order valence-electron chi connectivity index (χ0n) is 17.3. The number of ether oxygens (including phenoxy) is 1. The number of fused-ring (bicyclic) bond motifs is 2. The van der Waals surface area contributed by atoms with Crippen LogP contribution >= 0.6 is 27.3 Å². The van der Waals surface area contributed by atoms with Crippen LogP contribution in [-0.4, -0.2) is 39.4 Å². The highest BCUT2D eigenvalue weighted by molar-refractivity contribution is 9.10. The van der Waals surface area contributed by atoms with Crippen LogP contribution < -0.4 is 5.32 Å². The fraction of sp³-hybridized carbons (Fsp3) is 0.318. The highest BCUT2D eigenvalue weighted by Gasteiger charge is 2.11. The Hall–Kier alpha value is -2.20. The third kappa shape index (κ3) is 6.16. The molecule has 6 nitrogen and oxygen atoms in total. The third-order valence-electron chi connectivity index (χ3n) is 4.38. The summed E-state index contributed by atoms with van der Waals surface area (Å²) in [7, 11) is 0. The van der Waals surface area contributed by atoms with E-state index in [9.17, 15) is 4.39 Å². The first kappa shape index (κ1) is 23.5. The van der Waals surface area contributed by atoms with E-state index in [4.69, 9.17) is 9.84 Å². The lowest BCUT2D eigenvalue weighted by molar-refractivity contribution is -0.00535. The van der Waals surface area contributed by atoms with Crippen molar-refractivity contribution in [3.8, 4) is 0 Å². The summed E-state index contributed by atoms with van der Waals surface area (Å²) >= 11 is 4.83. The Morgan fingerprint density at radius 2 is 2.00 bits per heavy atom. The van der Waals surface area contributed by atoms with Crippen molar-refractivity contribution in [2.45, 2.75) is 32.8 Å². The summed E-state index contributed by atoms with van der Waals surface area (Å²) in [4.78, 5) is 12.5. The molecular formula is C22H24BrFN4O2S. The van der Waals surface area contributed by atoms with Crippen molar-refractivity contribution in [2.24, 2.45) is 0 Å². The predicted octanol–water partition coefficient (Wildman–Crippen LogP) is 6.07. The first-order valence-corrected chi connectivity index (χ1v) is 11.7.